The molecule has 0 aliphatic carbocycles. The average Bonchev–Trinajstić information content (AvgIpc) is 3.24. The molecule has 0 spiro atoms. The maximum Gasteiger partial charge on any atom is 0.346 e. The van der Waals surface area contributed by atoms with Crippen molar-refractivity contribution in [2.75, 3.05) is 12.4 Å². The first-order chi connectivity index (χ1) is 16.2. The van der Waals surface area contributed by atoms with Crippen LogP contribution in [0, 0.1) is 0 Å². The van der Waals surface area contributed by atoms with E-state index in [9.17, 15) is 45.3 Å². The van der Waals surface area contributed by atoms with Gasteiger partial charge >= 0.3 is 5.97 Å². The van der Waals surface area contributed by atoms with E-state index >= 15 is 0 Å². The number of thioether (sulfide) groups is 1. The SMILES string of the molecule is CC(=O)N[C@H]1[C@H]([C@H](O)[C@H](O)CO)O[C@@](SC[C@@H](O)[C@H]2O[C@H]3OC(C)(C)O[C@@H]3[C@H]2O)(C(=O)O)C[C@@H]1O. The molecule has 1 amide bonds. The van der Waals surface area contributed by atoms with Crippen molar-refractivity contribution in [2.45, 2.75) is 99.1 Å². The number of aliphatic carboxylic acids is 1. The van der Waals surface area contributed by atoms with Crippen LogP contribution in [0.5, 0.6) is 0 Å². The highest BCUT2D eigenvalue weighted by Gasteiger charge is 2.58. The van der Waals surface area contributed by atoms with E-state index in [0.29, 0.717) is 11.8 Å². The quantitative estimate of drug-likeness (QED) is 0.145. The number of carboxylic acid groups (broad SMARTS) is 1. The van der Waals surface area contributed by atoms with Crippen molar-refractivity contribution >= 4 is 23.6 Å². The minimum Gasteiger partial charge on any atom is -0.478 e. The number of fused-ring (bicyclic) bond motifs is 1. The zero-order valence-corrected chi connectivity index (χ0v) is 20.2. The van der Waals surface area contributed by atoms with Crippen molar-refractivity contribution in [3.05, 3.63) is 0 Å². The van der Waals surface area contributed by atoms with Crippen LogP contribution in [0.1, 0.15) is 27.2 Å². The molecule has 0 aromatic rings. The Balaban J connectivity index is 1.74. The fourth-order valence-electron chi connectivity index (χ4n) is 4.43. The molecule has 3 fully saturated rings. The molecule has 11 atom stereocenters. The second-order valence-corrected chi connectivity index (χ2v) is 10.6. The van der Waals surface area contributed by atoms with Crippen LogP contribution in [0.25, 0.3) is 0 Å². The number of rotatable bonds is 9. The van der Waals surface area contributed by atoms with Gasteiger partial charge in [-0.25, -0.2) is 4.79 Å². The highest BCUT2D eigenvalue weighted by Crippen LogP contribution is 2.43. The molecule has 202 valence electrons. The minimum atomic E-state index is -2.22. The number of carboxylic acids is 1. The Morgan fingerprint density at radius 1 is 1.11 bits per heavy atom. The molecular weight excluding hydrogens is 494 g/mol. The Kier molecular flexibility index (Phi) is 8.71. The Hall–Kier alpha value is -1.11. The second kappa shape index (κ2) is 10.7. The van der Waals surface area contributed by atoms with E-state index < -0.39 is 96.8 Å². The van der Waals surface area contributed by atoms with Gasteiger partial charge in [0.15, 0.2) is 12.1 Å². The van der Waals surface area contributed by atoms with Crippen LogP contribution in [-0.4, -0.2) is 132 Å². The Morgan fingerprint density at radius 3 is 2.31 bits per heavy atom. The first-order valence-electron chi connectivity index (χ1n) is 11.1. The number of aliphatic hydroxyl groups excluding tert-OH is 6. The molecule has 15 heteroatoms. The summed E-state index contributed by atoms with van der Waals surface area (Å²) in [5.74, 6) is -3.49. The molecule has 3 aliphatic heterocycles. The van der Waals surface area contributed by atoms with Crippen molar-refractivity contribution in [1.29, 1.82) is 0 Å². The highest BCUT2D eigenvalue weighted by atomic mass is 32.2. The van der Waals surface area contributed by atoms with Crippen molar-refractivity contribution in [3.63, 3.8) is 0 Å². The highest BCUT2D eigenvalue weighted by molar-refractivity contribution is 8.01. The number of nitrogens with one attached hydrogen (secondary N) is 1. The zero-order chi connectivity index (χ0) is 26.3. The van der Waals surface area contributed by atoms with E-state index in [1.807, 2.05) is 0 Å². The lowest BCUT2D eigenvalue weighted by molar-refractivity contribution is -0.224. The van der Waals surface area contributed by atoms with Gasteiger partial charge in [-0.1, -0.05) is 0 Å². The van der Waals surface area contributed by atoms with Gasteiger partial charge in [-0.15, -0.1) is 11.8 Å². The molecule has 3 saturated heterocycles. The minimum absolute atomic E-state index is 0.347. The molecular formula is C20H33NO13S. The lowest BCUT2D eigenvalue weighted by Crippen LogP contribution is -2.66. The van der Waals surface area contributed by atoms with E-state index in [-0.39, 0.29) is 5.75 Å². The maximum absolute atomic E-state index is 12.2. The van der Waals surface area contributed by atoms with Crippen molar-refractivity contribution in [3.8, 4) is 0 Å². The number of aliphatic hydroxyl groups is 6. The van der Waals surface area contributed by atoms with Crippen LogP contribution in [0.4, 0.5) is 0 Å². The predicted octanol–water partition coefficient (Wildman–Crippen LogP) is -3.53. The van der Waals surface area contributed by atoms with Gasteiger partial charge in [0.25, 0.3) is 0 Å². The molecule has 0 aromatic carbocycles. The molecule has 0 unspecified atom stereocenters. The van der Waals surface area contributed by atoms with E-state index in [4.69, 9.17) is 18.9 Å². The standard InChI is InChI=1S/C20H33NO13S/c1-7(23)21-11-8(24)4-20(18(29)30,33-15(11)12(27)9(25)5-22)35-6-10(26)14-13(28)16-17(31-14)34-19(2,3)32-16/h8-17,22,24-28H,4-6H2,1-3H3,(H,21,23)(H,29,30)/t8-,9+,10+,11+,12+,13-,14+,15+,16+,17-,20-/m0/s1. The Morgan fingerprint density at radius 2 is 1.77 bits per heavy atom. The van der Waals surface area contributed by atoms with Gasteiger partial charge in [0.2, 0.25) is 10.8 Å². The van der Waals surface area contributed by atoms with Gasteiger partial charge in [-0.2, -0.15) is 0 Å². The molecule has 0 bridgehead atoms. The molecule has 14 nitrogen and oxygen atoms in total. The number of hydrogen-bond acceptors (Lipinski definition) is 13. The van der Waals surface area contributed by atoms with Gasteiger partial charge in [0, 0.05) is 19.1 Å². The molecule has 8 N–H and O–H groups in total. The summed E-state index contributed by atoms with van der Waals surface area (Å²) in [5, 5.41) is 73.7. The van der Waals surface area contributed by atoms with Crippen molar-refractivity contribution < 1.29 is 64.3 Å². The smallest absolute Gasteiger partial charge is 0.346 e. The van der Waals surface area contributed by atoms with Gasteiger partial charge in [0.05, 0.1) is 24.9 Å². The zero-order valence-electron chi connectivity index (χ0n) is 19.4. The fourth-order valence-corrected chi connectivity index (χ4v) is 5.65. The molecule has 3 aliphatic rings. The molecule has 3 rings (SSSR count). The molecule has 0 saturated carbocycles. The van der Waals surface area contributed by atoms with Crippen LogP contribution in [0.15, 0.2) is 0 Å². The topological polar surface area (TPSA) is 225 Å². The normalized spacial score (nSPS) is 41.1. The third-order valence-corrected chi connectivity index (χ3v) is 7.52. The Bertz CT molecular complexity index is 786. The largest absolute Gasteiger partial charge is 0.478 e. The second-order valence-electron chi connectivity index (χ2n) is 9.32. The fraction of sp³-hybridized carbons (Fsp3) is 0.900. The number of ether oxygens (including phenoxy) is 4. The number of hydrogen-bond donors (Lipinski definition) is 8. The van der Waals surface area contributed by atoms with Gasteiger partial charge in [-0.05, 0) is 13.8 Å². The van der Waals surface area contributed by atoms with Crippen molar-refractivity contribution in [1.82, 2.24) is 5.32 Å². The summed E-state index contributed by atoms with van der Waals surface area (Å²) in [4.78, 5) is 21.6. The summed E-state index contributed by atoms with van der Waals surface area (Å²) in [6.45, 7) is 3.52. The van der Waals surface area contributed by atoms with E-state index in [2.05, 4.69) is 5.32 Å². The lowest BCUT2D eigenvalue weighted by Gasteiger charge is -2.46. The number of carbonyl (C=O) groups is 2. The summed E-state index contributed by atoms with van der Waals surface area (Å²) >= 11 is 0.570. The Labute approximate surface area is 205 Å². The van der Waals surface area contributed by atoms with Gasteiger partial charge in [-0.3, -0.25) is 4.79 Å². The van der Waals surface area contributed by atoms with Crippen LogP contribution >= 0.6 is 11.8 Å². The van der Waals surface area contributed by atoms with Crippen LogP contribution in [-0.2, 0) is 28.5 Å². The van der Waals surface area contributed by atoms with E-state index in [1.54, 1.807) is 13.8 Å². The summed E-state index contributed by atoms with van der Waals surface area (Å²) in [5.41, 5.74) is 0. The van der Waals surface area contributed by atoms with Crippen LogP contribution in [0.2, 0.25) is 0 Å². The lowest BCUT2D eigenvalue weighted by atomic mass is 9.90. The summed E-state index contributed by atoms with van der Waals surface area (Å²) < 4.78 is 22.3. The van der Waals surface area contributed by atoms with E-state index in [1.165, 1.54) is 0 Å². The summed E-state index contributed by atoms with van der Waals surface area (Å²) in [6, 6.07) is -1.29. The maximum atomic E-state index is 12.2. The third kappa shape index (κ3) is 5.91. The van der Waals surface area contributed by atoms with Crippen LogP contribution in [0.3, 0.4) is 0 Å². The van der Waals surface area contributed by atoms with Gasteiger partial charge in [0.1, 0.15) is 36.6 Å². The molecule has 3 heterocycles. The van der Waals surface area contributed by atoms with Gasteiger partial charge < -0.3 is 60.0 Å². The molecule has 0 radical (unpaired) electrons. The van der Waals surface area contributed by atoms with Crippen LogP contribution < -0.4 is 5.32 Å². The third-order valence-electron chi connectivity index (χ3n) is 6.11. The van der Waals surface area contributed by atoms with E-state index in [0.717, 1.165) is 6.92 Å². The predicted molar refractivity (Wildman–Crippen MR) is 116 cm³/mol. The average molecular weight is 528 g/mol. The summed E-state index contributed by atoms with van der Waals surface area (Å²) in [6.07, 6.45) is -13.0. The monoisotopic (exact) mass is 527 g/mol. The van der Waals surface area contributed by atoms with Crippen molar-refractivity contribution in [2.24, 2.45) is 0 Å². The molecule has 35 heavy (non-hydrogen) atoms. The molecule has 0 aromatic heterocycles. The number of carbonyl (C=O) groups excluding carboxylic acids is 1. The first kappa shape index (κ1) is 28.5. The number of amides is 1. The summed E-state index contributed by atoms with van der Waals surface area (Å²) in [7, 11) is 0. The first-order valence-corrected chi connectivity index (χ1v) is 12.0.